The van der Waals surface area contributed by atoms with Crippen molar-refractivity contribution in [2.24, 2.45) is 5.92 Å². The Labute approximate surface area is 116 Å². The smallest absolute Gasteiger partial charge is 0.160 e. The Morgan fingerprint density at radius 3 is 2.32 bits per heavy atom. The van der Waals surface area contributed by atoms with Gasteiger partial charge >= 0.3 is 0 Å². The Morgan fingerprint density at radius 1 is 1.05 bits per heavy atom. The molecular formula is C16H26O3. The predicted octanol–water partition coefficient (Wildman–Crippen LogP) is 4.00. The van der Waals surface area contributed by atoms with Crippen LogP contribution in [0.4, 0.5) is 0 Å². The monoisotopic (exact) mass is 266 g/mol. The second-order valence-electron chi connectivity index (χ2n) is 5.06. The third-order valence-electron chi connectivity index (χ3n) is 3.67. The molecule has 2 unspecified atom stereocenters. The van der Waals surface area contributed by atoms with Crippen LogP contribution in [-0.2, 0) is 4.74 Å². The van der Waals surface area contributed by atoms with Gasteiger partial charge in [-0.15, -0.1) is 0 Å². The molecule has 3 heteroatoms. The van der Waals surface area contributed by atoms with Crippen LogP contribution in [0.25, 0.3) is 0 Å². The summed E-state index contributed by atoms with van der Waals surface area (Å²) in [4.78, 5) is 0. The van der Waals surface area contributed by atoms with Gasteiger partial charge in [-0.2, -0.15) is 0 Å². The van der Waals surface area contributed by atoms with E-state index in [4.69, 9.17) is 14.6 Å². The van der Waals surface area contributed by atoms with Crippen molar-refractivity contribution in [3.63, 3.8) is 0 Å². The predicted molar refractivity (Wildman–Crippen MR) is 77.7 cm³/mol. The summed E-state index contributed by atoms with van der Waals surface area (Å²) in [5, 5.41) is 8.99. The molecular weight excluding hydrogens is 240 g/mol. The molecule has 108 valence electrons. The number of phenols is 1. The van der Waals surface area contributed by atoms with Crippen molar-refractivity contribution >= 4 is 0 Å². The second-order valence-corrected chi connectivity index (χ2v) is 5.06. The van der Waals surface area contributed by atoms with Crippen LogP contribution in [0.1, 0.15) is 39.0 Å². The number of rotatable bonds is 2. The Hall–Kier alpha value is -1.22. The van der Waals surface area contributed by atoms with Crippen LogP contribution in [0, 0.1) is 5.92 Å². The summed E-state index contributed by atoms with van der Waals surface area (Å²) in [6.07, 6.45) is 7.35. The molecule has 0 spiro atoms. The van der Waals surface area contributed by atoms with E-state index in [9.17, 15) is 0 Å². The standard InChI is InChI=1S/C9H18O.C7H8O2/c1-8-6-4-3-5-7-9(8)10-2;1-9-7-5-3-2-4-6(7)8/h8-9H,3-7H2,1-2H3;2-5,8H,1H3. The van der Waals surface area contributed by atoms with Gasteiger partial charge in [0, 0.05) is 7.11 Å². The van der Waals surface area contributed by atoms with E-state index in [0.29, 0.717) is 11.9 Å². The van der Waals surface area contributed by atoms with E-state index in [1.54, 1.807) is 24.3 Å². The number of hydrogen-bond donors (Lipinski definition) is 1. The fourth-order valence-corrected chi connectivity index (χ4v) is 2.44. The summed E-state index contributed by atoms with van der Waals surface area (Å²) < 4.78 is 10.2. The summed E-state index contributed by atoms with van der Waals surface area (Å²) in [6, 6.07) is 6.84. The molecule has 19 heavy (non-hydrogen) atoms. The number of para-hydroxylation sites is 2. The normalized spacial score (nSPS) is 22.9. The van der Waals surface area contributed by atoms with Crippen LogP contribution in [0.3, 0.4) is 0 Å². The Morgan fingerprint density at radius 2 is 1.74 bits per heavy atom. The van der Waals surface area contributed by atoms with Gasteiger partial charge in [0.1, 0.15) is 0 Å². The molecule has 0 bridgehead atoms. The van der Waals surface area contributed by atoms with E-state index >= 15 is 0 Å². The molecule has 1 aromatic rings. The summed E-state index contributed by atoms with van der Waals surface area (Å²) in [5.41, 5.74) is 0. The highest BCUT2D eigenvalue weighted by Crippen LogP contribution is 2.24. The fourth-order valence-electron chi connectivity index (χ4n) is 2.44. The van der Waals surface area contributed by atoms with Crippen molar-refractivity contribution in [3.05, 3.63) is 24.3 Å². The van der Waals surface area contributed by atoms with Crippen molar-refractivity contribution in [2.45, 2.75) is 45.1 Å². The SMILES string of the molecule is COC1CCCCCC1C.COc1ccccc1O. The van der Waals surface area contributed by atoms with Crippen LogP contribution >= 0.6 is 0 Å². The van der Waals surface area contributed by atoms with Gasteiger partial charge < -0.3 is 14.6 Å². The molecule has 3 nitrogen and oxygen atoms in total. The number of ether oxygens (including phenoxy) is 2. The number of phenolic OH excluding ortho intramolecular Hbond substituents is 1. The second kappa shape index (κ2) is 8.81. The van der Waals surface area contributed by atoms with Crippen LogP contribution in [-0.4, -0.2) is 25.4 Å². The van der Waals surface area contributed by atoms with Gasteiger partial charge in [0.2, 0.25) is 0 Å². The lowest BCUT2D eigenvalue weighted by Gasteiger charge is -2.18. The number of aromatic hydroxyl groups is 1. The fraction of sp³-hybridized carbons (Fsp3) is 0.625. The van der Waals surface area contributed by atoms with E-state index in [0.717, 1.165) is 5.92 Å². The molecule has 0 saturated heterocycles. The summed E-state index contributed by atoms with van der Waals surface area (Å²) in [6.45, 7) is 2.31. The van der Waals surface area contributed by atoms with E-state index in [2.05, 4.69) is 6.92 Å². The van der Waals surface area contributed by atoms with Gasteiger partial charge in [-0.05, 0) is 30.9 Å². The Kier molecular flexibility index (Phi) is 7.34. The van der Waals surface area contributed by atoms with Crippen molar-refractivity contribution in [1.29, 1.82) is 0 Å². The first-order chi connectivity index (χ1) is 9.19. The highest BCUT2D eigenvalue weighted by Gasteiger charge is 2.18. The summed E-state index contributed by atoms with van der Waals surface area (Å²) in [5.74, 6) is 1.48. The molecule has 1 aliphatic rings. The lowest BCUT2D eigenvalue weighted by Crippen LogP contribution is -2.18. The molecule has 1 aliphatic carbocycles. The lowest BCUT2D eigenvalue weighted by atomic mass is 10.00. The van der Waals surface area contributed by atoms with Crippen LogP contribution in [0.2, 0.25) is 0 Å². The molecule has 1 saturated carbocycles. The van der Waals surface area contributed by atoms with E-state index in [1.165, 1.54) is 39.2 Å². The Balaban J connectivity index is 0.000000191. The van der Waals surface area contributed by atoms with Crippen molar-refractivity contribution < 1.29 is 14.6 Å². The first-order valence-corrected chi connectivity index (χ1v) is 7.03. The number of benzene rings is 1. The Bertz CT molecular complexity index is 352. The average Bonchev–Trinajstić information content (AvgIpc) is 2.64. The highest BCUT2D eigenvalue weighted by molar-refractivity contribution is 5.37. The maximum atomic E-state index is 8.99. The van der Waals surface area contributed by atoms with Crippen LogP contribution < -0.4 is 4.74 Å². The van der Waals surface area contributed by atoms with E-state index in [-0.39, 0.29) is 5.75 Å². The highest BCUT2D eigenvalue weighted by atomic mass is 16.5. The van der Waals surface area contributed by atoms with Crippen molar-refractivity contribution in [2.75, 3.05) is 14.2 Å². The van der Waals surface area contributed by atoms with Crippen LogP contribution in [0.5, 0.6) is 11.5 Å². The zero-order chi connectivity index (χ0) is 14.1. The average molecular weight is 266 g/mol. The molecule has 0 aromatic heterocycles. The van der Waals surface area contributed by atoms with Gasteiger partial charge in [-0.25, -0.2) is 0 Å². The topological polar surface area (TPSA) is 38.7 Å². The van der Waals surface area contributed by atoms with Gasteiger partial charge in [0.05, 0.1) is 13.2 Å². The lowest BCUT2D eigenvalue weighted by molar-refractivity contribution is 0.0537. The van der Waals surface area contributed by atoms with E-state index < -0.39 is 0 Å². The van der Waals surface area contributed by atoms with Gasteiger partial charge in [0.25, 0.3) is 0 Å². The minimum absolute atomic E-state index is 0.181. The third-order valence-corrected chi connectivity index (χ3v) is 3.67. The number of hydrogen-bond acceptors (Lipinski definition) is 3. The molecule has 2 atom stereocenters. The minimum atomic E-state index is 0.181. The third kappa shape index (κ3) is 5.52. The van der Waals surface area contributed by atoms with Gasteiger partial charge in [0.15, 0.2) is 11.5 Å². The minimum Gasteiger partial charge on any atom is -0.504 e. The zero-order valence-electron chi connectivity index (χ0n) is 12.3. The zero-order valence-corrected chi connectivity index (χ0v) is 12.3. The van der Waals surface area contributed by atoms with Gasteiger partial charge in [-0.1, -0.05) is 38.3 Å². The van der Waals surface area contributed by atoms with Crippen molar-refractivity contribution in [3.8, 4) is 11.5 Å². The largest absolute Gasteiger partial charge is 0.504 e. The maximum Gasteiger partial charge on any atom is 0.160 e. The molecule has 1 N–H and O–H groups in total. The molecule has 1 fully saturated rings. The van der Waals surface area contributed by atoms with Crippen LogP contribution in [0.15, 0.2) is 24.3 Å². The number of methoxy groups -OCH3 is 2. The summed E-state index contributed by atoms with van der Waals surface area (Å²) in [7, 11) is 3.36. The molecule has 2 rings (SSSR count). The first-order valence-electron chi connectivity index (χ1n) is 7.03. The van der Waals surface area contributed by atoms with Gasteiger partial charge in [-0.3, -0.25) is 0 Å². The molecule has 0 heterocycles. The molecule has 0 aliphatic heterocycles. The maximum absolute atomic E-state index is 8.99. The summed E-state index contributed by atoms with van der Waals surface area (Å²) >= 11 is 0. The van der Waals surface area contributed by atoms with E-state index in [1.807, 2.05) is 7.11 Å². The van der Waals surface area contributed by atoms with Crippen molar-refractivity contribution in [1.82, 2.24) is 0 Å². The molecule has 0 radical (unpaired) electrons. The molecule has 1 aromatic carbocycles. The molecule has 0 amide bonds. The quantitative estimate of drug-likeness (QED) is 0.822. The first kappa shape index (κ1) is 15.8.